The highest BCUT2D eigenvalue weighted by atomic mass is 32.2. The van der Waals surface area contributed by atoms with Crippen molar-refractivity contribution in [1.82, 2.24) is 0 Å². The molecule has 0 unspecified atom stereocenters. The van der Waals surface area contributed by atoms with Crippen LogP contribution in [0.1, 0.15) is 0 Å². The normalized spacial score (nSPS) is 7.67. The van der Waals surface area contributed by atoms with Gasteiger partial charge in [-0.2, -0.15) is 19.8 Å². The van der Waals surface area contributed by atoms with E-state index in [9.17, 15) is 8.42 Å². The topological polar surface area (TPSA) is 96.4 Å². The molecule has 0 aliphatic carbocycles. The van der Waals surface area contributed by atoms with Crippen LogP contribution in [0.2, 0.25) is 0 Å². The van der Waals surface area contributed by atoms with Crippen LogP contribution in [0, 0.1) is 5.41 Å². The van der Waals surface area contributed by atoms with E-state index in [0.717, 1.165) is 0 Å². The first kappa shape index (κ1) is 10.8. The summed E-state index contributed by atoms with van der Waals surface area (Å²) < 4.78 is 21.4. The second kappa shape index (κ2) is 6.50. The summed E-state index contributed by atoms with van der Waals surface area (Å²) in [6, 6.07) is 4.04. The van der Waals surface area contributed by atoms with Gasteiger partial charge in [0.05, 0.1) is 0 Å². The van der Waals surface area contributed by atoms with Gasteiger partial charge in [-0.1, -0.05) is 16.5 Å². The molecular formula is C5H7N3O2S2. The maximum atomic E-state index is 9.42. The molecular weight excluding hydrogens is 198 g/mol. The van der Waals surface area contributed by atoms with Gasteiger partial charge in [-0.25, -0.2) is 0 Å². The van der Waals surface area contributed by atoms with Crippen molar-refractivity contribution in [2.24, 2.45) is 10.1 Å². The Morgan fingerprint density at radius 1 is 1.42 bits per heavy atom. The molecule has 7 heteroatoms. The minimum atomic E-state index is -2.57. The highest BCUT2D eigenvalue weighted by Crippen LogP contribution is 1.91. The fourth-order valence-corrected chi connectivity index (χ4v) is 0.921. The zero-order valence-electron chi connectivity index (χ0n) is 5.97. The first-order valence-corrected chi connectivity index (χ1v) is 4.72. The van der Waals surface area contributed by atoms with Gasteiger partial charge in [-0.05, 0) is 10.8 Å². The van der Waals surface area contributed by atoms with Crippen molar-refractivity contribution in [1.29, 1.82) is 5.41 Å². The predicted molar refractivity (Wildman–Crippen MR) is 47.6 cm³/mol. The lowest BCUT2D eigenvalue weighted by Crippen LogP contribution is -2.03. The third-order valence-corrected chi connectivity index (χ3v) is 1.57. The Kier molecular flexibility index (Phi) is 5.84. The largest absolute Gasteiger partial charge is 0.367 e. The van der Waals surface area contributed by atoms with Gasteiger partial charge in [0.15, 0.2) is 0 Å². The summed E-state index contributed by atoms with van der Waals surface area (Å²) in [5.74, 6) is -0.701. The molecule has 1 aromatic heterocycles. The van der Waals surface area contributed by atoms with Crippen molar-refractivity contribution < 1.29 is 8.42 Å². The lowest BCUT2D eigenvalue weighted by Gasteiger charge is -1.69. The second-order valence-electron chi connectivity index (χ2n) is 1.49. The van der Waals surface area contributed by atoms with Gasteiger partial charge in [0.2, 0.25) is 5.96 Å². The van der Waals surface area contributed by atoms with Crippen molar-refractivity contribution in [2.75, 3.05) is 0 Å². The van der Waals surface area contributed by atoms with Crippen molar-refractivity contribution >= 4 is 27.8 Å². The Morgan fingerprint density at radius 2 is 1.92 bits per heavy atom. The Hall–Kier alpha value is -1.21. The van der Waals surface area contributed by atoms with Gasteiger partial charge in [0.25, 0.3) is 0 Å². The highest BCUT2D eigenvalue weighted by Gasteiger charge is 1.74. The van der Waals surface area contributed by atoms with Crippen LogP contribution >= 0.6 is 11.3 Å². The molecule has 0 spiro atoms. The summed E-state index contributed by atoms with van der Waals surface area (Å²) in [6.07, 6.45) is 0. The number of hydrogen-bond acceptors (Lipinski definition) is 4. The van der Waals surface area contributed by atoms with E-state index in [1.807, 2.05) is 22.9 Å². The average molecular weight is 205 g/mol. The zero-order chi connectivity index (χ0) is 9.40. The number of rotatable bonds is 0. The molecule has 0 fully saturated rings. The smallest absolute Gasteiger partial charge is 0.319 e. The molecule has 1 heterocycles. The Morgan fingerprint density at radius 3 is 2.00 bits per heavy atom. The summed E-state index contributed by atoms with van der Waals surface area (Å²) in [4.78, 5) is 0. The molecule has 5 nitrogen and oxygen atoms in total. The predicted octanol–water partition coefficient (Wildman–Crippen LogP) is 0.691. The van der Waals surface area contributed by atoms with Crippen molar-refractivity contribution in [3.05, 3.63) is 22.9 Å². The quantitative estimate of drug-likeness (QED) is 0.481. The summed E-state index contributed by atoms with van der Waals surface area (Å²) >= 11 is 1.71. The molecule has 0 aliphatic heterocycles. The molecule has 0 radical (unpaired) electrons. The summed E-state index contributed by atoms with van der Waals surface area (Å²) in [5, 5.41) is 10.3. The third-order valence-electron chi connectivity index (χ3n) is 0.598. The maximum absolute atomic E-state index is 9.42. The fourth-order valence-electron chi connectivity index (χ4n) is 0.307. The third kappa shape index (κ3) is 8.79. The molecule has 0 amide bonds. The molecule has 1 rings (SSSR count). The number of nitrogens with one attached hydrogen (secondary N) is 1. The SMILES string of the molecule is N=C(N)N=S(=O)=O.c1ccsc1. The monoisotopic (exact) mass is 205 g/mol. The van der Waals surface area contributed by atoms with Crippen LogP contribution < -0.4 is 5.73 Å². The Balaban J connectivity index is 0.000000211. The molecule has 0 aliphatic rings. The molecule has 0 aromatic carbocycles. The van der Waals surface area contributed by atoms with Gasteiger partial charge >= 0.3 is 10.5 Å². The Labute approximate surface area is 75.1 Å². The minimum absolute atomic E-state index is 0.701. The van der Waals surface area contributed by atoms with Gasteiger partial charge in [0.1, 0.15) is 0 Å². The van der Waals surface area contributed by atoms with Gasteiger partial charge < -0.3 is 5.73 Å². The van der Waals surface area contributed by atoms with E-state index < -0.39 is 16.5 Å². The Bertz CT molecular complexity index is 316. The molecule has 0 saturated carbocycles. The van der Waals surface area contributed by atoms with E-state index in [4.69, 9.17) is 5.41 Å². The molecule has 12 heavy (non-hydrogen) atoms. The molecule has 1 aromatic rings. The number of hydrogen-bond donors (Lipinski definition) is 2. The van der Waals surface area contributed by atoms with Crippen molar-refractivity contribution in [3.63, 3.8) is 0 Å². The van der Waals surface area contributed by atoms with Gasteiger partial charge in [0, 0.05) is 0 Å². The summed E-state index contributed by atoms with van der Waals surface area (Å²) in [5.41, 5.74) is 4.52. The molecule has 66 valence electrons. The lowest BCUT2D eigenvalue weighted by atomic mass is 10.7. The molecule has 0 atom stereocenters. The van der Waals surface area contributed by atoms with Gasteiger partial charge in [-0.3, -0.25) is 5.41 Å². The second-order valence-corrected chi connectivity index (χ2v) is 2.92. The highest BCUT2D eigenvalue weighted by molar-refractivity contribution is 7.62. The van der Waals surface area contributed by atoms with E-state index in [1.54, 1.807) is 11.3 Å². The number of nitrogens with zero attached hydrogens (tertiary/aromatic N) is 1. The van der Waals surface area contributed by atoms with Crippen LogP contribution in [-0.2, 0) is 10.5 Å². The molecule has 0 saturated heterocycles. The maximum Gasteiger partial charge on any atom is 0.319 e. The van der Waals surface area contributed by atoms with Crippen LogP contribution in [0.4, 0.5) is 0 Å². The molecule has 3 N–H and O–H groups in total. The summed E-state index contributed by atoms with van der Waals surface area (Å²) in [7, 11) is -2.57. The van der Waals surface area contributed by atoms with E-state index in [0.29, 0.717) is 0 Å². The van der Waals surface area contributed by atoms with E-state index >= 15 is 0 Å². The van der Waals surface area contributed by atoms with E-state index in [2.05, 4.69) is 10.1 Å². The first-order chi connectivity index (χ1) is 5.63. The van der Waals surface area contributed by atoms with Crippen LogP contribution in [0.5, 0.6) is 0 Å². The number of guanidine groups is 1. The zero-order valence-corrected chi connectivity index (χ0v) is 7.60. The number of nitrogens with two attached hydrogens (primary N) is 1. The average Bonchev–Trinajstić information content (AvgIpc) is 2.36. The number of thiophene rings is 1. The summed E-state index contributed by atoms with van der Waals surface area (Å²) in [6.45, 7) is 0. The van der Waals surface area contributed by atoms with Crippen molar-refractivity contribution in [3.8, 4) is 0 Å². The van der Waals surface area contributed by atoms with Crippen LogP contribution in [0.25, 0.3) is 0 Å². The first-order valence-electron chi connectivity index (χ1n) is 2.75. The van der Waals surface area contributed by atoms with Gasteiger partial charge in [-0.15, -0.1) is 0 Å². The van der Waals surface area contributed by atoms with Crippen LogP contribution in [0.3, 0.4) is 0 Å². The van der Waals surface area contributed by atoms with Crippen molar-refractivity contribution in [2.45, 2.75) is 0 Å². The van der Waals surface area contributed by atoms with E-state index in [1.165, 1.54) is 0 Å². The molecule has 0 bridgehead atoms. The van der Waals surface area contributed by atoms with E-state index in [-0.39, 0.29) is 0 Å². The van der Waals surface area contributed by atoms with Crippen LogP contribution in [0.15, 0.2) is 27.3 Å². The minimum Gasteiger partial charge on any atom is -0.367 e. The lowest BCUT2D eigenvalue weighted by molar-refractivity contribution is 0.623. The van der Waals surface area contributed by atoms with Crippen LogP contribution in [-0.4, -0.2) is 14.4 Å². The standard InChI is InChI=1S/C4H4S.CH3N3O2S/c1-2-4-5-3-1;2-1(3)4-7(5)6/h1-4H;(H3,2,3). The fraction of sp³-hybridized carbons (Fsp3) is 0.